The van der Waals surface area contributed by atoms with Crippen molar-refractivity contribution >= 4 is 27.5 Å². The lowest BCUT2D eigenvalue weighted by atomic mass is 9.89. The Hall–Kier alpha value is -2.41. The molecule has 0 fully saturated rings. The van der Waals surface area contributed by atoms with Crippen LogP contribution in [0, 0.1) is 5.92 Å². The highest BCUT2D eigenvalue weighted by molar-refractivity contribution is 7.18. The summed E-state index contributed by atoms with van der Waals surface area (Å²) in [7, 11) is 0. The van der Waals surface area contributed by atoms with Gasteiger partial charge < -0.3 is 14.1 Å². The van der Waals surface area contributed by atoms with Crippen LogP contribution in [0.15, 0.2) is 27.6 Å². The Labute approximate surface area is 147 Å². The average molecular weight is 358 g/mol. The third kappa shape index (κ3) is 2.89. The van der Waals surface area contributed by atoms with Gasteiger partial charge in [0.1, 0.15) is 4.83 Å². The lowest BCUT2D eigenvalue weighted by molar-refractivity contribution is 0.0284. The fourth-order valence-electron chi connectivity index (χ4n) is 3.23. The van der Waals surface area contributed by atoms with Crippen molar-refractivity contribution in [3.63, 3.8) is 0 Å². The topological polar surface area (TPSA) is 85.2 Å². The van der Waals surface area contributed by atoms with E-state index in [1.165, 1.54) is 17.2 Å². The van der Waals surface area contributed by atoms with Crippen molar-refractivity contribution in [2.75, 3.05) is 0 Å². The Morgan fingerprint density at radius 3 is 3.12 bits per heavy atom. The predicted molar refractivity (Wildman–Crippen MR) is 94.0 cm³/mol. The quantitative estimate of drug-likeness (QED) is 0.723. The van der Waals surface area contributed by atoms with E-state index < -0.39 is 12.1 Å². The van der Waals surface area contributed by atoms with E-state index >= 15 is 0 Å². The number of aromatic nitrogens is 2. The molecule has 0 saturated carbocycles. The Bertz CT molecular complexity index is 987. The van der Waals surface area contributed by atoms with Gasteiger partial charge in [-0.05, 0) is 49.8 Å². The number of rotatable bonds is 3. The van der Waals surface area contributed by atoms with Gasteiger partial charge in [0, 0.05) is 4.88 Å². The average Bonchev–Trinajstić information content (AvgIpc) is 3.21. The highest BCUT2D eigenvalue weighted by Crippen LogP contribution is 2.36. The summed E-state index contributed by atoms with van der Waals surface area (Å²) in [5.41, 5.74) is 0.978. The SMILES string of the molecule is CC1CCc2c(sc3nc(C(C)OC(=O)c4ccco4)[nH]c(=O)c23)C1. The predicted octanol–water partition coefficient (Wildman–Crippen LogP) is 3.62. The largest absolute Gasteiger partial charge is 0.457 e. The van der Waals surface area contributed by atoms with Crippen LogP contribution < -0.4 is 5.56 Å². The molecule has 2 unspecified atom stereocenters. The molecule has 0 aromatic carbocycles. The van der Waals surface area contributed by atoms with Crippen LogP contribution in [0.2, 0.25) is 0 Å². The highest BCUT2D eigenvalue weighted by atomic mass is 32.1. The molecule has 6 nitrogen and oxygen atoms in total. The van der Waals surface area contributed by atoms with E-state index in [0.29, 0.717) is 17.1 Å². The number of hydrogen-bond donors (Lipinski definition) is 1. The zero-order valence-electron chi connectivity index (χ0n) is 14.0. The lowest BCUT2D eigenvalue weighted by Crippen LogP contribution is -2.18. The first-order chi connectivity index (χ1) is 12.0. The van der Waals surface area contributed by atoms with Gasteiger partial charge in [-0.3, -0.25) is 4.79 Å². The molecule has 1 aliphatic rings. The van der Waals surface area contributed by atoms with Crippen LogP contribution >= 0.6 is 11.3 Å². The van der Waals surface area contributed by atoms with Crippen molar-refractivity contribution in [2.24, 2.45) is 5.92 Å². The summed E-state index contributed by atoms with van der Waals surface area (Å²) in [5, 5.41) is 0.695. The Kier molecular flexibility index (Phi) is 3.95. The summed E-state index contributed by atoms with van der Waals surface area (Å²) < 4.78 is 10.4. The summed E-state index contributed by atoms with van der Waals surface area (Å²) in [6, 6.07) is 3.15. The summed E-state index contributed by atoms with van der Waals surface area (Å²) >= 11 is 1.58. The number of aryl methyl sites for hydroxylation is 1. The van der Waals surface area contributed by atoms with Crippen molar-refractivity contribution in [3.8, 4) is 0 Å². The fraction of sp³-hybridized carbons (Fsp3) is 0.389. The van der Waals surface area contributed by atoms with Gasteiger partial charge in [0.2, 0.25) is 5.76 Å². The second-order valence-corrected chi connectivity index (χ2v) is 7.59. The molecule has 0 spiro atoms. The van der Waals surface area contributed by atoms with E-state index in [4.69, 9.17) is 9.15 Å². The molecule has 130 valence electrons. The monoisotopic (exact) mass is 358 g/mol. The molecule has 0 aliphatic heterocycles. The maximum absolute atomic E-state index is 12.6. The molecule has 1 N–H and O–H groups in total. The molecule has 0 bridgehead atoms. The number of nitrogens with zero attached hydrogens (tertiary/aromatic N) is 1. The molecule has 25 heavy (non-hydrogen) atoms. The van der Waals surface area contributed by atoms with Gasteiger partial charge in [0.15, 0.2) is 11.9 Å². The Morgan fingerprint density at radius 2 is 2.36 bits per heavy atom. The number of aromatic amines is 1. The summed E-state index contributed by atoms with van der Waals surface area (Å²) in [6.45, 7) is 3.91. The molecule has 7 heteroatoms. The van der Waals surface area contributed by atoms with Crippen LogP contribution in [-0.2, 0) is 17.6 Å². The third-order valence-corrected chi connectivity index (χ3v) is 5.72. The molecular formula is C18H18N2O4S. The van der Waals surface area contributed by atoms with E-state index in [2.05, 4.69) is 16.9 Å². The number of nitrogens with one attached hydrogen (secondary N) is 1. The van der Waals surface area contributed by atoms with Gasteiger partial charge in [0.05, 0.1) is 11.6 Å². The van der Waals surface area contributed by atoms with E-state index in [0.717, 1.165) is 29.7 Å². The summed E-state index contributed by atoms with van der Waals surface area (Å²) in [4.78, 5) is 33.9. The van der Waals surface area contributed by atoms with Gasteiger partial charge >= 0.3 is 5.97 Å². The van der Waals surface area contributed by atoms with Crippen molar-refractivity contribution < 1.29 is 13.9 Å². The second kappa shape index (κ2) is 6.15. The fourth-order valence-corrected chi connectivity index (χ4v) is 4.62. The van der Waals surface area contributed by atoms with Gasteiger partial charge in [-0.2, -0.15) is 0 Å². The zero-order chi connectivity index (χ0) is 17.6. The van der Waals surface area contributed by atoms with Crippen LogP contribution in [0.5, 0.6) is 0 Å². The molecule has 2 atom stereocenters. The molecular weight excluding hydrogens is 340 g/mol. The molecule has 3 aromatic heterocycles. The second-order valence-electron chi connectivity index (χ2n) is 6.51. The normalized spacial score (nSPS) is 18.1. The van der Waals surface area contributed by atoms with Gasteiger partial charge in [-0.15, -0.1) is 11.3 Å². The van der Waals surface area contributed by atoms with E-state index in [-0.39, 0.29) is 11.3 Å². The molecule has 4 rings (SSSR count). The minimum absolute atomic E-state index is 0.121. The third-order valence-electron chi connectivity index (χ3n) is 4.58. The molecule has 1 aliphatic carbocycles. The molecule has 0 saturated heterocycles. The number of esters is 1. The molecule has 0 amide bonds. The number of H-pyrrole nitrogens is 1. The number of furan rings is 1. The Morgan fingerprint density at radius 1 is 1.52 bits per heavy atom. The van der Waals surface area contributed by atoms with Crippen molar-refractivity contribution in [2.45, 2.75) is 39.2 Å². The van der Waals surface area contributed by atoms with Crippen LogP contribution in [0.4, 0.5) is 0 Å². The van der Waals surface area contributed by atoms with Gasteiger partial charge in [0.25, 0.3) is 5.56 Å². The zero-order valence-corrected chi connectivity index (χ0v) is 14.8. The number of carbonyl (C=O) groups excluding carboxylic acids is 1. The molecule has 3 aromatic rings. The highest BCUT2D eigenvalue weighted by Gasteiger charge is 2.24. The molecule has 3 heterocycles. The minimum Gasteiger partial charge on any atom is -0.457 e. The standard InChI is InChI=1S/C18H18N2O4S/c1-9-5-6-11-13(8-9)25-17-14(11)16(21)19-15(20-17)10(2)24-18(22)12-4-3-7-23-12/h3-4,7,9-10H,5-6,8H2,1-2H3,(H,19,20,21). The minimum atomic E-state index is -0.673. The maximum Gasteiger partial charge on any atom is 0.374 e. The Balaban J connectivity index is 1.67. The van der Waals surface area contributed by atoms with E-state index in [1.807, 2.05) is 0 Å². The number of ether oxygens (including phenoxy) is 1. The number of fused-ring (bicyclic) bond motifs is 3. The van der Waals surface area contributed by atoms with Gasteiger partial charge in [-0.1, -0.05) is 6.92 Å². The first-order valence-corrected chi connectivity index (χ1v) is 9.13. The van der Waals surface area contributed by atoms with Gasteiger partial charge in [-0.25, -0.2) is 9.78 Å². The van der Waals surface area contributed by atoms with Crippen molar-refractivity contribution in [3.05, 3.63) is 50.8 Å². The summed E-state index contributed by atoms with van der Waals surface area (Å²) in [5.74, 6) is 0.520. The number of carbonyl (C=O) groups is 1. The van der Waals surface area contributed by atoms with E-state index in [1.54, 1.807) is 24.3 Å². The first kappa shape index (κ1) is 16.1. The van der Waals surface area contributed by atoms with Crippen molar-refractivity contribution in [1.29, 1.82) is 0 Å². The van der Waals surface area contributed by atoms with Crippen LogP contribution in [0.1, 0.15) is 53.2 Å². The first-order valence-electron chi connectivity index (χ1n) is 8.32. The van der Waals surface area contributed by atoms with E-state index in [9.17, 15) is 9.59 Å². The van der Waals surface area contributed by atoms with Crippen LogP contribution in [0.3, 0.4) is 0 Å². The van der Waals surface area contributed by atoms with Crippen molar-refractivity contribution in [1.82, 2.24) is 9.97 Å². The van der Waals surface area contributed by atoms with Crippen LogP contribution in [-0.4, -0.2) is 15.9 Å². The maximum atomic E-state index is 12.6. The molecule has 0 radical (unpaired) electrons. The summed E-state index contributed by atoms with van der Waals surface area (Å²) in [6.07, 6.45) is 3.74. The number of hydrogen-bond acceptors (Lipinski definition) is 6. The number of thiophene rings is 1. The smallest absolute Gasteiger partial charge is 0.374 e. The van der Waals surface area contributed by atoms with Crippen LogP contribution in [0.25, 0.3) is 10.2 Å². The lowest BCUT2D eigenvalue weighted by Gasteiger charge is -2.17.